The Kier molecular flexibility index (Phi) is 4.71. The first-order valence-electron chi connectivity index (χ1n) is 9.01. The smallest absolute Gasteiger partial charge is 0.169 e. The molecule has 1 aliphatic rings. The van der Waals surface area contributed by atoms with Crippen LogP contribution in [-0.4, -0.2) is 25.8 Å². The highest BCUT2D eigenvalue weighted by molar-refractivity contribution is 6.15. The Morgan fingerprint density at radius 1 is 0.667 bits per heavy atom. The van der Waals surface area contributed by atoms with Crippen molar-refractivity contribution >= 4 is 17.4 Å². The van der Waals surface area contributed by atoms with Gasteiger partial charge in [-0.1, -0.05) is 72.8 Å². The highest BCUT2D eigenvalue weighted by Crippen LogP contribution is 2.25. The summed E-state index contributed by atoms with van der Waals surface area (Å²) in [5.41, 5.74) is 4.34. The molecule has 0 spiro atoms. The minimum atomic E-state index is -0.270. The van der Waals surface area contributed by atoms with Crippen LogP contribution in [0.1, 0.15) is 22.9 Å². The molecule has 4 heteroatoms. The standard InChI is InChI=1S/C23H22N4/c1-27(2)20-15-13-19(14-16-20)23-25-21(17-9-5-3-6-10-17)24-22(26-23)18-11-7-4-8-12-18/h3-16,23H,1-2H3,(H,24,25,26). The lowest BCUT2D eigenvalue weighted by molar-refractivity contribution is 0.755. The van der Waals surface area contributed by atoms with Crippen LogP contribution >= 0.6 is 0 Å². The van der Waals surface area contributed by atoms with Gasteiger partial charge in [0.1, 0.15) is 11.7 Å². The third-order valence-electron chi connectivity index (χ3n) is 4.54. The Bertz CT molecular complexity index is 903. The van der Waals surface area contributed by atoms with Gasteiger partial charge < -0.3 is 10.2 Å². The molecule has 0 aromatic heterocycles. The molecule has 1 heterocycles. The first-order valence-corrected chi connectivity index (χ1v) is 9.01. The Balaban J connectivity index is 1.75. The van der Waals surface area contributed by atoms with Gasteiger partial charge in [0, 0.05) is 30.9 Å². The van der Waals surface area contributed by atoms with Crippen LogP contribution in [0.5, 0.6) is 0 Å². The average molecular weight is 354 g/mol. The van der Waals surface area contributed by atoms with Crippen molar-refractivity contribution in [2.45, 2.75) is 6.17 Å². The molecular weight excluding hydrogens is 332 g/mol. The second-order valence-corrected chi connectivity index (χ2v) is 6.67. The SMILES string of the molecule is CN(C)c1ccc(C2N=C(c3ccccc3)NC(c3ccccc3)=N2)cc1. The first-order chi connectivity index (χ1) is 13.2. The fourth-order valence-electron chi connectivity index (χ4n) is 3.03. The zero-order valence-electron chi connectivity index (χ0n) is 15.5. The quantitative estimate of drug-likeness (QED) is 0.761. The van der Waals surface area contributed by atoms with E-state index in [1.807, 2.05) is 50.5 Å². The summed E-state index contributed by atoms with van der Waals surface area (Å²) in [5.74, 6) is 1.68. The number of anilines is 1. The molecule has 1 aliphatic heterocycles. The number of nitrogens with zero attached hydrogens (tertiary/aromatic N) is 3. The Hall–Kier alpha value is -3.40. The number of aliphatic imine (C=N–C) groups is 2. The fraction of sp³-hybridized carbons (Fsp3) is 0.130. The molecule has 3 aromatic carbocycles. The lowest BCUT2D eigenvalue weighted by atomic mass is 10.1. The number of rotatable bonds is 4. The average Bonchev–Trinajstić information content (AvgIpc) is 2.75. The lowest BCUT2D eigenvalue weighted by Gasteiger charge is -2.22. The molecule has 134 valence electrons. The van der Waals surface area contributed by atoms with E-state index < -0.39 is 0 Å². The van der Waals surface area contributed by atoms with E-state index in [0.717, 1.165) is 34.0 Å². The van der Waals surface area contributed by atoms with Gasteiger partial charge in [-0.2, -0.15) is 0 Å². The normalized spacial score (nSPS) is 14.1. The van der Waals surface area contributed by atoms with E-state index in [1.54, 1.807) is 0 Å². The van der Waals surface area contributed by atoms with Gasteiger partial charge in [0.15, 0.2) is 6.17 Å². The molecule has 0 radical (unpaired) electrons. The van der Waals surface area contributed by atoms with Crippen LogP contribution in [-0.2, 0) is 0 Å². The highest BCUT2D eigenvalue weighted by atomic mass is 15.2. The van der Waals surface area contributed by atoms with E-state index in [-0.39, 0.29) is 6.17 Å². The second kappa shape index (κ2) is 7.46. The molecule has 0 amide bonds. The van der Waals surface area contributed by atoms with Crippen LogP contribution < -0.4 is 10.2 Å². The molecular formula is C23H22N4. The molecule has 4 nitrogen and oxygen atoms in total. The van der Waals surface area contributed by atoms with Crippen LogP contribution in [0.3, 0.4) is 0 Å². The third kappa shape index (κ3) is 3.75. The Morgan fingerprint density at radius 2 is 1.15 bits per heavy atom. The highest BCUT2D eigenvalue weighted by Gasteiger charge is 2.20. The molecule has 0 atom stereocenters. The van der Waals surface area contributed by atoms with Crippen LogP contribution in [0.4, 0.5) is 5.69 Å². The Morgan fingerprint density at radius 3 is 1.59 bits per heavy atom. The van der Waals surface area contributed by atoms with E-state index in [4.69, 9.17) is 9.98 Å². The summed E-state index contributed by atoms with van der Waals surface area (Å²) in [7, 11) is 4.08. The lowest BCUT2D eigenvalue weighted by Crippen LogP contribution is -2.35. The first kappa shape index (κ1) is 17.0. The minimum absolute atomic E-state index is 0.270. The zero-order valence-corrected chi connectivity index (χ0v) is 15.5. The summed E-state index contributed by atoms with van der Waals surface area (Å²) in [6.45, 7) is 0. The molecule has 0 bridgehead atoms. The number of amidine groups is 2. The van der Waals surface area contributed by atoms with Gasteiger partial charge in [-0.15, -0.1) is 0 Å². The molecule has 3 aromatic rings. The van der Waals surface area contributed by atoms with Crippen molar-refractivity contribution in [1.82, 2.24) is 5.32 Å². The number of benzene rings is 3. The van der Waals surface area contributed by atoms with Crippen molar-refractivity contribution in [2.24, 2.45) is 9.98 Å². The molecule has 0 fully saturated rings. The number of hydrogen-bond acceptors (Lipinski definition) is 4. The van der Waals surface area contributed by atoms with Crippen molar-refractivity contribution in [3.8, 4) is 0 Å². The maximum absolute atomic E-state index is 4.88. The summed E-state index contributed by atoms with van der Waals surface area (Å²) in [4.78, 5) is 11.8. The second-order valence-electron chi connectivity index (χ2n) is 6.67. The molecule has 0 saturated carbocycles. The molecule has 0 saturated heterocycles. The summed E-state index contributed by atoms with van der Waals surface area (Å²) >= 11 is 0. The van der Waals surface area contributed by atoms with Crippen LogP contribution in [0.25, 0.3) is 0 Å². The molecule has 27 heavy (non-hydrogen) atoms. The van der Waals surface area contributed by atoms with Gasteiger partial charge in [-0.3, -0.25) is 0 Å². The van der Waals surface area contributed by atoms with E-state index in [0.29, 0.717) is 0 Å². The number of hydrogen-bond donors (Lipinski definition) is 1. The monoisotopic (exact) mass is 354 g/mol. The maximum Gasteiger partial charge on any atom is 0.169 e. The predicted octanol–water partition coefficient (Wildman–Crippen LogP) is 4.25. The van der Waals surface area contributed by atoms with Gasteiger partial charge in [-0.05, 0) is 17.7 Å². The predicted molar refractivity (Wildman–Crippen MR) is 113 cm³/mol. The van der Waals surface area contributed by atoms with Gasteiger partial charge in [0.2, 0.25) is 0 Å². The van der Waals surface area contributed by atoms with Gasteiger partial charge in [-0.25, -0.2) is 9.98 Å². The van der Waals surface area contributed by atoms with Gasteiger partial charge in [0.05, 0.1) is 0 Å². The van der Waals surface area contributed by atoms with E-state index in [2.05, 4.69) is 58.7 Å². The van der Waals surface area contributed by atoms with Crippen molar-refractivity contribution in [3.05, 3.63) is 102 Å². The van der Waals surface area contributed by atoms with Gasteiger partial charge in [0.25, 0.3) is 0 Å². The summed E-state index contributed by atoms with van der Waals surface area (Å²) in [6.07, 6.45) is -0.270. The minimum Gasteiger partial charge on any atom is -0.378 e. The maximum atomic E-state index is 4.88. The number of nitrogens with one attached hydrogen (secondary N) is 1. The van der Waals surface area contributed by atoms with Crippen LogP contribution in [0, 0.1) is 0 Å². The summed E-state index contributed by atoms with van der Waals surface area (Å²) < 4.78 is 0. The summed E-state index contributed by atoms with van der Waals surface area (Å²) in [6, 6.07) is 28.8. The van der Waals surface area contributed by atoms with Gasteiger partial charge >= 0.3 is 0 Å². The van der Waals surface area contributed by atoms with Crippen molar-refractivity contribution < 1.29 is 0 Å². The third-order valence-corrected chi connectivity index (χ3v) is 4.54. The molecule has 0 aliphatic carbocycles. The van der Waals surface area contributed by atoms with Crippen molar-refractivity contribution in [2.75, 3.05) is 19.0 Å². The molecule has 0 unspecified atom stereocenters. The topological polar surface area (TPSA) is 40.0 Å². The molecule has 4 rings (SSSR count). The largest absolute Gasteiger partial charge is 0.378 e. The van der Waals surface area contributed by atoms with Crippen LogP contribution in [0.2, 0.25) is 0 Å². The van der Waals surface area contributed by atoms with E-state index in [9.17, 15) is 0 Å². The fourth-order valence-corrected chi connectivity index (χ4v) is 3.03. The van der Waals surface area contributed by atoms with E-state index in [1.165, 1.54) is 0 Å². The Labute approximate surface area is 159 Å². The van der Waals surface area contributed by atoms with Crippen molar-refractivity contribution in [3.63, 3.8) is 0 Å². The van der Waals surface area contributed by atoms with E-state index >= 15 is 0 Å². The van der Waals surface area contributed by atoms with Crippen molar-refractivity contribution in [1.29, 1.82) is 0 Å². The zero-order chi connectivity index (χ0) is 18.6. The van der Waals surface area contributed by atoms with Crippen LogP contribution in [0.15, 0.2) is 94.9 Å². The summed E-state index contributed by atoms with van der Waals surface area (Å²) in [5, 5.41) is 3.41. The molecule has 1 N–H and O–H groups in total.